The Morgan fingerprint density at radius 2 is 1.77 bits per heavy atom. The van der Waals surface area contributed by atoms with Gasteiger partial charge in [-0.05, 0) is 79.2 Å². The fraction of sp³-hybridized carbons (Fsp3) is 0.0606. The Labute approximate surface area is 255 Å². The van der Waals surface area contributed by atoms with Crippen LogP contribution in [0.15, 0.2) is 109 Å². The number of fused-ring (bicyclic) bond motifs is 1. The molecule has 0 bridgehead atoms. The molecule has 5 aromatic rings. The Balaban J connectivity index is 0.000000324. The number of carbonyl (C=O) groups is 1. The van der Waals surface area contributed by atoms with E-state index in [1.807, 2.05) is 31.2 Å². The third kappa shape index (κ3) is 8.89. The minimum Gasteiger partial charge on any atom is -0.487 e. The molecule has 0 saturated carbocycles. The highest BCUT2D eigenvalue weighted by Gasteiger charge is 2.09. The second kappa shape index (κ2) is 14.0. The van der Waals surface area contributed by atoms with Gasteiger partial charge in [-0.2, -0.15) is 0 Å². The molecule has 0 radical (unpaired) electrons. The zero-order chi connectivity index (χ0) is 31.0. The summed E-state index contributed by atoms with van der Waals surface area (Å²) in [7, 11) is -2.02. The smallest absolute Gasteiger partial charge is 0.247 e. The molecule has 0 saturated heterocycles. The van der Waals surface area contributed by atoms with Crippen LogP contribution in [0.1, 0.15) is 11.1 Å². The minimum absolute atomic E-state index is 0.194. The fourth-order valence-electron chi connectivity index (χ4n) is 3.84. The zero-order valence-electron chi connectivity index (χ0n) is 23.4. The lowest BCUT2D eigenvalue weighted by atomic mass is 10.2. The molecule has 10 heteroatoms. The van der Waals surface area contributed by atoms with Crippen LogP contribution in [0.4, 0.5) is 21.6 Å². The van der Waals surface area contributed by atoms with Gasteiger partial charge in [0.25, 0.3) is 0 Å². The number of hydrogen-bond donors (Lipinski definition) is 3. The lowest BCUT2D eigenvalue weighted by Gasteiger charge is -2.12. The Bertz CT molecular complexity index is 1880. The van der Waals surface area contributed by atoms with Gasteiger partial charge in [0.05, 0.1) is 10.5 Å². The summed E-state index contributed by atoms with van der Waals surface area (Å²) in [6, 6.07) is 24.4. The van der Waals surface area contributed by atoms with Crippen LogP contribution < -0.4 is 15.4 Å². The maximum Gasteiger partial charge on any atom is 0.247 e. The van der Waals surface area contributed by atoms with Crippen molar-refractivity contribution in [3.8, 4) is 5.75 Å². The first kappa shape index (κ1) is 31.2. The predicted molar refractivity (Wildman–Crippen MR) is 178 cm³/mol. The zero-order valence-corrected chi connectivity index (χ0v) is 25.0. The standard InChI is InChI=1S/C24H18ClFN4O2.C9H12OS/c1-2-23(31)29-17-6-8-21-19(11-17)24(28-14-27-21)30-18-7-9-22(20(25)12-18)32-13-15-4-3-5-16(26)10-15;1-8-4-6-9(7-5-8)11(2,3)10/h2-12,14H,1,13H2,(H,29,31)(H,27,28,30);4-7,10H,2-3H2,1H3. The van der Waals surface area contributed by atoms with Crippen LogP contribution in [-0.4, -0.2) is 32.2 Å². The van der Waals surface area contributed by atoms with E-state index in [0.717, 1.165) is 10.3 Å². The molecule has 0 unspecified atom stereocenters. The highest BCUT2D eigenvalue weighted by Crippen LogP contribution is 2.32. The average Bonchev–Trinajstić information content (AvgIpc) is 2.97. The van der Waals surface area contributed by atoms with Crippen molar-refractivity contribution in [2.24, 2.45) is 0 Å². The van der Waals surface area contributed by atoms with Crippen LogP contribution in [0.5, 0.6) is 5.75 Å². The van der Waals surface area contributed by atoms with Crippen LogP contribution in [0.2, 0.25) is 5.02 Å². The van der Waals surface area contributed by atoms with Gasteiger partial charge in [0.1, 0.15) is 30.3 Å². The molecule has 1 aromatic heterocycles. The van der Waals surface area contributed by atoms with Crippen LogP contribution in [0.3, 0.4) is 0 Å². The van der Waals surface area contributed by atoms with E-state index in [9.17, 15) is 13.7 Å². The highest BCUT2D eigenvalue weighted by atomic mass is 35.5. The molecular weight excluding hydrogens is 587 g/mol. The number of carbonyl (C=O) groups excluding carboxylic acids is 1. The van der Waals surface area contributed by atoms with E-state index in [4.69, 9.17) is 16.3 Å². The third-order valence-electron chi connectivity index (χ3n) is 6.03. The summed E-state index contributed by atoms with van der Waals surface area (Å²) in [6.07, 6.45) is 2.65. The van der Waals surface area contributed by atoms with Crippen molar-refractivity contribution in [1.82, 2.24) is 9.97 Å². The molecule has 3 N–H and O–H groups in total. The molecule has 43 heavy (non-hydrogen) atoms. The van der Waals surface area contributed by atoms with Crippen molar-refractivity contribution >= 4 is 66.8 Å². The predicted octanol–water partition coefficient (Wildman–Crippen LogP) is 8.36. The number of ether oxygens (including phenoxy) is 1. The van der Waals surface area contributed by atoms with E-state index in [1.54, 1.807) is 48.5 Å². The molecule has 1 heterocycles. The SMILES string of the molecule is C=CC(=O)Nc1ccc2ncnc(Nc3ccc(OCc4cccc(F)c4)c(Cl)c3)c2c1.C=S(=C)(O)c1ccc(C)cc1. The average molecular weight is 617 g/mol. The van der Waals surface area contributed by atoms with E-state index in [-0.39, 0.29) is 18.3 Å². The van der Waals surface area contributed by atoms with Gasteiger partial charge in [-0.3, -0.25) is 4.79 Å². The number of benzene rings is 4. The monoisotopic (exact) mass is 616 g/mol. The number of nitrogens with one attached hydrogen (secondary N) is 2. The summed E-state index contributed by atoms with van der Waals surface area (Å²) in [5, 5.41) is 7.05. The second-order valence-electron chi connectivity index (χ2n) is 9.49. The van der Waals surface area contributed by atoms with E-state index in [0.29, 0.717) is 39.0 Å². The number of aryl methyl sites for hydroxylation is 1. The van der Waals surface area contributed by atoms with Gasteiger partial charge in [-0.25, -0.2) is 14.4 Å². The first-order valence-electron chi connectivity index (χ1n) is 12.9. The Morgan fingerprint density at radius 1 is 1.02 bits per heavy atom. The molecule has 0 fully saturated rings. The van der Waals surface area contributed by atoms with Gasteiger partial charge in [-0.15, -0.1) is 0 Å². The third-order valence-corrected chi connectivity index (χ3v) is 7.47. The number of hydrogen-bond acceptors (Lipinski definition) is 6. The summed E-state index contributed by atoms with van der Waals surface area (Å²) < 4.78 is 28.5. The van der Waals surface area contributed by atoms with Gasteiger partial charge < -0.3 is 19.9 Å². The molecule has 1 amide bonds. The number of amides is 1. The van der Waals surface area contributed by atoms with Crippen molar-refractivity contribution in [3.05, 3.63) is 126 Å². The molecule has 0 aliphatic heterocycles. The Kier molecular flexibility index (Phi) is 10.2. The number of anilines is 3. The van der Waals surface area contributed by atoms with Gasteiger partial charge in [0.2, 0.25) is 5.91 Å². The van der Waals surface area contributed by atoms with Crippen molar-refractivity contribution in [3.63, 3.8) is 0 Å². The molecule has 4 aromatic carbocycles. The fourth-order valence-corrected chi connectivity index (χ4v) is 4.72. The summed E-state index contributed by atoms with van der Waals surface area (Å²) in [4.78, 5) is 21.0. The second-order valence-corrected chi connectivity index (χ2v) is 12.1. The molecule has 7 nitrogen and oxygen atoms in total. The normalized spacial score (nSPS) is 10.8. The van der Waals surface area contributed by atoms with Crippen molar-refractivity contribution in [2.75, 3.05) is 10.6 Å². The van der Waals surface area contributed by atoms with Crippen molar-refractivity contribution < 1.29 is 18.5 Å². The molecular formula is C33H30ClFN4O3S. The molecule has 0 aliphatic rings. The molecule has 0 spiro atoms. The van der Waals surface area contributed by atoms with Crippen molar-refractivity contribution in [2.45, 2.75) is 18.4 Å². The Hall–Kier alpha value is -4.70. The van der Waals surface area contributed by atoms with Crippen LogP contribution in [0.25, 0.3) is 10.9 Å². The number of nitrogens with zero attached hydrogens (tertiary/aromatic N) is 2. The highest BCUT2D eigenvalue weighted by molar-refractivity contribution is 8.23. The van der Waals surface area contributed by atoms with E-state index in [1.165, 1.54) is 30.1 Å². The lowest BCUT2D eigenvalue weighted by molar-refractivity contribution is -0.111. The lowest BCUT2D eigenvalue weighted by Crippen LogP contribution is -2.07. The summed E-state index contributed by atoms with van der Waals surface area (Å²) in [5.74, 6) is 7.59. The molecule has 0 aliphatic carbocycles. The summed E-state index contributed by atoms with van der Waals surface area (Å²) >= 11 is 6.38. The Morgan fingerprint density at radius 3 is 2.44 bits per heavy atom. The molecule has 0 atom stereocenters. The maximum atomic E-state index is 13.3. The first-order chi connectivity index (χ1) is 20.5. The first-order valence-corrected chi connectivity index (χ1v) is 15.2. The topological polar surface area (TPSA) is 96.4 Å². The largest absolute Gasteiger partial charge is 0.487 e. The molecule has 5 rings (SSSR count). The van der Waals surface area contributed by atoms with E-state index >= 15 is 0 Å². The van der Waals surface area contributed by atoms with E-state index < -0.39 is 9.49 Å². The minimum atomic E-state index is -2.02. The van der Waals surface area contributed by atoms with Gasteiger partial charge in [0, 0.05) is 21.7 Å². The quantitative estimate of drug-likeness (QED) is 0.120. The number of aromatic nitrogens is 2. The van der Waals surface area contributed by atoms with Crippen LogP contribution >= 0.6 is 21.1 Å². The van der Waals surface area contributed by atoms with Crippen LogP contribution in [-0.2, 0) is 11.4 Å². The summed E-state index contributed by atoms with van der Waals surface area (Å²) in [6.45, 7) is 5.65. The van der Waals surface area contributed by atoms with Gasteiger partial charge in [0.15, 0.2) is 0 Å². The van der Waals surface area contributed by atoms with Gasteiger partial charge >= 0.3 is 0 Å². The number of rotatable bonds is 8. The van der Waals surface area contributed by atoms with Crippen LogP contribution in [0, 0.1) is 12.7 Å². The van der Waals surface area contributed by atoms with Gasteiger partial charge in [-0.1, -0.05) is 69.2 Å². The summed E-state index contributed by atoms with van der Waals surface area (Å²) in [5.41, 5.74) is 3.88. The van der Waals surface area contributed by atoms with E-state index in [2.05, 4.69) is 38.9 Å². The number of halogens is 2. The maximum absolute atomic E-state index is 13.3. The van der Waals surface area contributed by atoms with Crippen molar-refractivity contribution in [1.29, 1.82) is 0 Å². The molecule has 220 valence electrons.